The minimum atomic E-state index is -4.46. The summed E-state index contributed by atoms with van der Waals surface area (Å²) in [5.74, 6) is -2.22. The Morgan fingerprint density at radius 1 is 1.18 bits per heavy atom. The van der Waals surface area contributed by atoms with E-state index in [4.69, 9.17) is 5.73 Å². The lowest BCUT2D eigenvalue weighted by atomic mass is 9.94. The Hall–Kier alpha value is -4.06. The van der Waals surface area contributed by atoms with Gasteiger partial charge in [-0.05, 0) is 37.1 Å². The van der Waals surface area contributed by atoms with E-state index in [9.17, 15) is 23.2 Å². The van der Waals surface area contributed by atoms with E-state index >= 15 is 0 Å². The van der Waals surface area contributed by atoms with E-state index < -0.39 is 12.1 Å². The third-order valence-corrected chi connectivity index (χ3v) is 4.43. The van der Waals surface area contributed by atoms with Gasteiger partial charge in [0.1, 0.15) is 6.07 Å². The van der Waals surface area contributed by atoms with Crippen molar-refractivity contribution in [3.05, 3.63) is 82.7 Å². The quantitative estimate of drug-likeness (QED) is 0.427. The van der Waals surface area contributed by atoms with Gasteiger partial charge in [0.15, 0.2) is 5.96 Å². The standard InChI is InChI=1S/C24H24F3N5O/c1-15-10-16(2)12-19(11-15)21(24(25,26)27)6-4-18-5-7-22(20(13-18)14-28)30-8-9-31-23(29)32-17(3)33/h4-13,21,30H,1-3H3,(H3,29,31,32,33)/b6-4+,9-8+. The summed E-state index contributed by atoms with van der Waals surface area (Å²) in [5, 5.41) is 14.6. The minimum Gasteiger partial charge on any atom is -0.369 e. The van der Waals surface area contributed by atoms with Crippen molar-refractivity contribution < 1.29 is 18.0 Å². The maximum absolute atomic E-state index is 13.7. The van der Waals surface area contributed by atoms with Gasteiger partial charge >= 0.3 is 6.18 Å². The summed E-state index contributed by atoms with van der Waals surface area (Å²) in [5.41, 5.74) is 8.27. The predicted molar refractivity (Wildman–Crippen MR) is 123 cm³/mol. The van der Waals surface area contributed by atoms with Gasteiger partial charge in [-0.1, -0.05) is 47.5 Å². The lowest BCUT2D eigenvalue weighted by molar-refractivity contribution is -0.139. The van der Waals surface area contributed by atoms with Crippen LogP contribution in [0.4, 0.5) is 18.9 Å². The van der Waals surface area contributed by atoms with Crippen LogP contribution in [0.3, 0.4) is 0 Å². The third-order valence-electron chi connectivity index (χ3n) is 4.43. The Balaban J connectivity index is 2.23. The number of guanidine groups is 1. The molecule has 2 aromatic carbocycles. The smallest absolute Gasteiger partial charge is 0.369 e. The Bertz CT molecular complexity index is 1120. The van der Waals surface area contributed by atoms with Crippen LogP contribution in [0.5, 0.6) is 0 Å². The number of carbonyl (C=O) groups excluding carboxylic acids is 1. The first-order valence-corrected chi connectivity index (χ1v) is 9.89. The van der Waals surface area contributed by atoms with E-state index in [0.717, 1.165) is 17.2 Å². The number of nitrogens with one attached hydrogen (secondary N) is 2. The van der Waals surface area contributed by atoms with Crippen molar-refractivity contribution in [3.8, 4) is 6.07 Å². The fourth-order valence-electron chi connectivity index (χ4n) is 3.15. The fourth-order valence-corrected chi connectivity index (χ4v) is 3.15. The molecule has 9 heteroatoms. The largest absolute Gasteiger partial charge is 0.399 e. The SMILES string of the molecule is CC(=O)NC(N)=N/C=C/Nc1ccc(/C=C/C(c2cc(C)cc(C)c2)C(F)(F)F)cc1C#N. The summed E-state index contributed by atoms with van der Waals surface area (Å²) in [6.45, 7) is 4.80. The summed E-state index contributed by atoms with van der Waals surface area (Å²) in [6, 6.07) is 11.5. The second-order valence-corrected chi connectivity index (χ2v) is 7.37. The van der Waals surface area contributed by atoms with Crippen LogP contribution < -0.4 is 16.4 Å². The molecular formula is C24H24F3N5O. The zero-order chi connectivity index (χ0) is 24.6. The average Bonchev–Trinajstić information content (AvgIpc) is 2.69. The van der Waals surface area contributed by atoms with E-state index in [2.05, 4.69) is 15.6 Å². The highest BCUT2D eigenvalue weighted by Crippen LogP contribution is 2.37. The molecule has 0 heterocycles. The molecule has 172 valence electrons. The molecule has 2 rings (SSSR count). The number of nitrogens with zero attached hydrogens (tertiary/aromatic N) is 2. The van der Waals surface area contributed by atoms with Crippen LogP contribution in [0.1, 0.15) is 40.7 Å². The van der Waals surface area contributed by atoms with Gasteiger partial charge in [0.05, 0.1) is 17.2 Å². The van der Waals surface area contributed by atoms with Crippen molar-refractivity contribution >= 4 is 23.6 Å². The number of hydrogen-bond donors (Lipinski definition) is 3. The van der Waals surface area contributed by atoms with Crippen molar-refractivity contribution in [3.63, 3.8) is 0 Å². The summed E-state index contributed by atoms with van der Waals surface area (Å²) < 4.78 is 41.2. The normalized spacial score (nSPS) is 13.2. The number of anilines is 1. The number of halogens is 3. The van der Waals surface area contributed by atoms with E-state index in [1.807, 2.05) is 12.1 Å². The molecule has 0 aliphatic heterocycles. The Labute approximate surface area is 190 Å². The first-order valence-electron chi connectivity index (χ1n) is 9.89. The molecule has 0 aromatic heterocycles. The summed E-state index contributed by atoms with van der Waals surface area (Å²) in [6.07, 6.45) is 0.685. The Morgan fingerprint density at radius 2 is 1.85 bits per heavy atom. The number of hydrogen-bond acceptors (Lipinski definition) is 4. The molecule has 0 saturated heterocycles. The molecule has 2 aromatic rings. The molecule has 0 radical (unpaired) electrons. The van der Waals surface area contributed by atoms with Gasteiger partial charge in [-0.3, -0.25) is 10.1 Å². The molecule has 1 unspecified atom stereocenters. The number of aliphatic imine (C=N–C) groups is 1. The molecular weight excluding hydrogens is 431 g/mol. The number of benzene rings is 2. The van der Waals surface area contributed by atoms with Crippen molar-refractivity contribution in [2.45, 2.75) is 32.9 Å². The minimum absolute atomic E-state index is 0.0930. The van der Waals surface area contributed by atoms with Gasteiger partial charge in [-0.15, -0.1) is 0 Å². The van der Waals surface area contributed by atoms with E-state index in [-0.39, 0.29) is 23.0 Å². The zero-order valence-electron chi connectivity index (χ0n) is 18.4. The number of allylic oxidation sites excluding steroid dienone is 1. The molecule has 4 N–H and O–H groups in total. The van der Waals surface area contributed by atoms with Crippen LogP contribution in [0, 0.1) is 25.2 Å². The number of rotatable bonds is 6. The van der Waals surface area contributed by atoms with Crippen LogP contribution >= 0.6 is 0 Å². The van der Waals surface area contributed by atoms with E-state index in [0.29, 0.717) is 11.3 Å². The van der Waals surface area contributed by atoms with Crippen LogP contribution in [0.25, 0.3) is 6.08 Å². The van der Waals surface area contributed by atoms with Crippen LogP contribution in [-0.2, 0) is 4.79 Å². The summed E-state index contributed by atoms with van der Waals surface area (Å²) >= 11 is 0. The van der Waals surface area contributed by atoms with Gasteiger partial charge in [-0.25, -0.2) is 4.99 Å². The van der Waals surface area contributed by atoms with Crippen LogP contribution in [0.2, 0.25) is 0 Å². The number of amides is 1. The first kappa shape index (κ1) is 25.2. The van der Waals surface area contributed by atoms with Gasteiger partial charge in [0, 0.05) is 19.3 Å². The Morgan fingerprint density at radius 3 is 2.42 bits per heavy atom. The number of nitrogens with two attached hydrogens (primary N) is 1. The number of carbonyl (C=O) groups is 1. The fraction of sp³-hybridized carbons (Fsp3) is 0.208. The van der Waals surface area contributed by atoms with Crippen LogP contribution in [-0.4, -0.2) is 18.0 Å². The maximum Gasteiger partial charge on any atom is 0.399 e. The number of alkyl halides is 3. The monoisotopic (exact) mass is 455 g/mol. The second kappa shape index (κ2) is 11.0. The molecule has 0 bridgehead atoms. The summed E-state index contributed by atoms with van der Waals surface area (Å²) in [7, 11) is 0. The molecule has 0 fully saturated rings. The highest BCUT2D eigenvalue weighted by Gasteiger charge is 2.39. The molecule has 6 nitrogen and oxygen atoms in total. The molecule has 33 heavy (non-hydrogen) atoms. The van der Waals surface area contributed by atoms with Crippen molar-refractivity contribution in [2.24, 2.45) is 10.7 Å². The zero-order valence-corrected chi connectivity index (χ0v) is 18.4. The van der Waals surface area contributed by atoms with E-state index in [1.54, 1.807) is 26.0 Å². The lowest BCUT2D eigenvalue weighted by Gasteiger charge is -2.18. The van der Waals surface area contributed by atoms with Gasteiger partial charge in [0.2, 0.25) is 5.91 Å². The molecule has 1 atom stereocenters. The molecule has 1 amide bonds. The van der Waals surface area contributed by atoms with Gasteiger partial charge in [-0.2, -0.15) is 18.4 Å². The van der Waals surface area contributed by atoms with Gasteiger partial charge in [0.25, 0.3) is 0 Å². The predicted octanol–water partition coefficient (Wildman–Crippen LogP) is 4.87. The van der Waals surface area contributed by atoms with Crippen molar-refractivity contribution in [1.29, 1.82) is 5.26 Å². The average molecular weight is 455 g/mol. The lowest BCUT2D eigenvalue weighted by Crippen LogP contribution is -2.34. The van der Waals surface area contributed by atoms with Gasteiger partial charge < -0.3 is 11.1 Å². The number of nitriles is 1. The third kappa shape index (κ3) is 7.85. The number of aryl methyl sites for hydroxylation is 2. The highest BCUT2D eigenvalue weighted by molar-refractivity contribution is 5.95. The molecule has 0 aliphatic rings. The maximum atomic E-state index is 13.7. The van der Waals surface area contributed by atoms with Crippen molar-refractivity contribution in [1.82, 2.24) is 5.32 Å². The van der Waals surface area contributed by atoms with Crippen molar-refractivity contribution in [2.75, 3.05) is 5.32 Å². The topological polar surface area (TPSA) is 103 Å². The van der Waals surface area contributed by atoms with Crippen LogP contribution in [0.15, 0.2) is 59.9 Å². The molecule has 0 aliphatic carbocycles. The molecule has 0 spiro atoms. The van der Waals surface area contributed by atoms with E-state index in [1.165, 1.54) is 43.6 Å². The summed E-state index contributed by atoms with van der Waals surface area (Å²) in [4.78, 5) is 14.7. The second-order valence-electron chi connectivity index (χ2n) is 7.37. The first-order chi connectivity index (χ1) is 15.5. The molecule has 0 saturated carbocycles. The highest BCUT2D eigenvalue weighted by atomic mass is 19.4. The Kier molecular flexibility index (Phi) is 8.40.